The number of H-pyrrole nitrogens is 1. The number of phenolic OH excluding ortho intramolecular Hbond substituents is 1. The number of pyridine rings is 1. The van der Waals surface area contributed by atoms with E-state index in [-0.39, 0.29) is 28.3 Å². The number of benzene rings is 1. The van der Waals surface area contributed by atoms with Crippen LogP contribution in [0.25, 0.3) is 11.3 Å². The van der Waals surface area contributed by atoms with Gasteiger partial charge in [0.2, 0.25) is 5.56 Å². The van der Waals surface area contributed by atoms with Crippen molar-refractivity contribution in [3.63, 3.8) is 0 Å². The molecule has 0 atom stereocenters. The number of rotatable bonds is 1. The van der Waals surface area contributed by atoms with Gasteiger partial charge in [-0.25, -0.2) is 0 Å². The molecule has 78 valence electrons. The molecule has 0 radical (unpaired) electrons. The lowest BCUT2D eigenvalue weighted by Crippen LogP contribution is -2.03. The van der Waals surface area contributed by atoms with Crippen LogP contribution in [0.4, 0.5) is 0 Å². The molecule has 0 aliphatic carbocycles. The minimum absolute atomic E-state index is 0. The summed E-state index contributed by atoms with van der Waals surface area (Å²) in [5.41, 5.74) is 1.35. The Morgan fingerprint density at radius 3 is 2.47 bits per heavy atom. The van der Waals surface area contributed by atoms with Crippen molar-refractivity contribution in [2.75, 3.05) is 0 Å². The second kappa shape index (κ2) is 4.79. The number of nitrogens with one attached hydrogen (secondary N) is 1. The number of hydrogen-bond acceptors (Lipinski definition) is 2. The van der Waals surface area contributed by atoms with Gasteiger partial charge >= 0.3 is 0 Å². The molecule has 3 nitrogen and oxygen atoms in total. The first-order valence-corrected chi connectivity index (χ1v) is 4.24. The smallest absolute Gasteiger partial charge is 0.248 e. The Kier molecular flexibility index (Phi) is 3.68. The van der Waals surface area contributed by atoms with Crippen LogP contribution in [0.1, 0.15) is 0 Å². The Morgan fingerprint density at radius 1 is 1.07 bits per heavy atom. The summed E-state index contributed by atoms with van der Waals surface area (Å²) < 4.78 is 0. The van der Waals surface area contributed by atoms with Crippen LogP contribution in [0.5, 0.6) is 5.75 Å². The first kappa shape index (κ1) is 11.5. The highest BCUT2D eigenvalue weighted by atomic mass is 79.9. The Morgan fingerprint density at radius 2 is 1.80 bits per heavy atom. The SMILES string of the molecule is Br.O=c1cccc(-c2cccc(O)c2)[nH]1. The minimum Gasteiger partial charge on any atom is -0.508 e. The van der Waals surface area contributed by atoms with Gasteiger partial charge < -0.3 is 10.1 Å². The van der Waals surface area contributed by atoms with Crippen molar-refractivity contribution in [2.24, 2.45) is 0 Å². The quantitative estimate of drug-likeness (QED) is 0.834. The van der Waals surface area contributed by atoms with E-state index in [9.17, 15) is 9.90 Å². The van der Waals surface area contributed by atoms with Crippen molar-refractivity contribution in [3.8, 4) is 17.0 Å². The van der Waals surface area contributed by atoms with E-state index in [2.05, 4.69) is 4.98 Å². The maximum absolute atomic E-state index is 11.0. The van der Waals surface area contributed by atoms with E-state index in [4.69, 9.17) is 0 Å². The van der Waals surface area contributed by atoms with E-state index in [1.807, 2.05) is 6.07 Å². The Hall–Kier alpha value is -1.55. The summed E-state index contributed by atoms with van der Waals surface area (Å²) in [5, 5.41) is 9.25. The predicted molar refractivity (Wildman–Crippen MR) is 64.5 cm³/mol. The van der Waals surface area contributed by atoms with Crippen LogP contribution in [0, 0.1) is 0 Å². The van der Waals surface area contributed by atoms with Gasteiger partial charge in [-0.15, -0.1) is 17.0 Å². The Bertz CT molecular complexity index is 508. The summed E-state index contributed by atoms with van der Waals surface area (Å²) >= 11 is 0. The van der Waals surface area contributed by atoms with Gasteiger partial charge in [0.25, 0.3) is 0 Å². The number of phenols is 1. The predicted octanol–water partition coefficient (Wildman–Crippen LogP) is 2.33. The van der Waals surface area contributed by atoms with Gasteiger partial charge in [-0.2, -0.15) is 0 Å². The van der Waals surface area contributed by atoms with E-state index in [1.54, 1.807) is 30.3 Å². The fraction of sp³-hybridized carbons (Fsp3) is 0. The third kappa shape index (κ3) is 2.70. The summed E-state index contributed by atoms with van der Waals surface area (Å²) in [4.78, 5) is 13.7. The topological polar surface area (TPSA) is 53.1 Å². The van der Waals surface area contributed by atoms with Crippen molar-refractivity contribution in [2.45, 2.75) is 0 Å². The highest BCUT2D eigenvalue weighted by molar-refractivity contribution is 8.93. The maximum Gasteiger partial charge on any atom is 0.248 e. The first-order valence-electron chi connectivity index (χ1n) is 4.24. The zero-order valence-corrected chi connectivity index (χ0v) is 9.52. The number of halogens is 1. The molecule has 2 rings (SSSR count). The van der Waals surface area contributed by atoms with Crippen LogP contribution in [0.15, 0.2) is 47.3 Å². The van der Waals surface area contributed by atoms with Crippen LogP contribution in [-0.4, -0.2) is 10.1 Å². The molecule has 0 saturated heterocycles. The van der Waals surface area contributed by atoms with E-state index >= 15 is 0 Å². The van der Waals surface area contributed by atoms with Gasteiger partial charge in [-0.05, 0) is 18.2 Å². The van der Waals surface area contributed by atoms with Crippen LogP contribution in [0.3, 0.4) is 0 Å². The second-order valence-electron chi connectivity index (χ2n) is 2.98. The van der Waals surface area contributed by atoms with Crippen molar-refractivity contribution in [1.82, 2.24) is 4.98 Å². The van der Waals surface area contributed by atoms with Crippen molar-refractivity contribution in [3.05, 3.63) is 52.8 Å². The maximum atomic E-state index is 11.0. The molecule has 15 heavy (non-hydrogen) atoms. The molecular weight excluding hydrogens is 258 g/mol. The molecule has 1 heterocycles. The summed E-state index contributed by atoms with van der Waals surface area (Å²) in [7, 11) is 0. The third-order valence-corrected chi connectivity index (χ3v) is 1.93. The van der Waals surface area contributed by atoms with Crippen LogP contribution in [-0.2, 0) is 0 Å². The molecule has 1 aromatic carbocycles. The second-order valence-corrected chi connectivity index (χ2v) is 2.98. The lowest BCUT2D eigenvalue weighted by molar-refractivity contribution is 0.475. The minimum atomic E-state index is -0.147. The molecule has 2 N–H and O–H groups in total. The lowest BCUT2D eigenvalue weighted by Gasteiger charge is -2.00. The molecule has 4 heteroatoms. The highest BCUT2D eigenvalue weighted by Gasteiger charge is 1.98. The third-order valence-electron chi connectivity index (χ3n) is 1.93. The fourth-order valence-electron chi connectivity index (χ4n) is 1.29. The monoisotopic (exact) mass is 267 g/mol. The zero-order chi connectivity index (χ0) is 9.97. The molecule has 0 aliphatic rings. The van der Waals surface area contributed by atoms with Crippen molar-refractivity contribution >= 4 is 17.0 Å². The summed E-state index contributed by atoms with van der Waals surface area (Å²) in [5.74, 6) is 0.187. The first-order chi connectivity index (χ1) is 6.75. The van der Waals surface area contributed by atoms with Gasteiger partial charge in [0.1, 0.15) is 5.75 Å². The van der Waals surface area contributed by atoms with E-state index < -0.39 is 0 Å². The summed E-state index contributed by atoms with van der Waals surface area (Å²) in [6.07, 6.45) is 0. The molecular formula is C11H10BrNO2. The van der Waals surface area contributed by atoms with E-state index in [1.165, 1.54) is 6.07 Å². The van der Waals surface area contributed by atoms with Gasteiger partial charge in [-0.1, -0.05) is 18.2 Å². The number of aromatic nitrogens is 1. The van der Waals surface area contributed by atoms with Gasteiger partial charge in [-0.3, -0.25) is 4.79 Å². The molecule has 0 fully saturated rings. The molecule has 0 amide bonds. The van der Waals surface area contributed by atoms with Crippen LogP contribution in [0.2, 0.25) is 0 Å². The molecule has 0 unspecified atom stereocenters. The number of aromatic hydroxyl groups is 1. The van der Waals surface area contributed by atoms with Gasteiger partial charge in [0, 0.05) is 17.3 Å². The molecule has 2 aromatic rings. The van der Waals surface area contributed by atoms with Crippen LogP contribution >= 0.6 is 17.0 Å². The van der Waals surface area contributed by atoms with Crippen molar-refractivity contribution in [1.29, 1.82) is 0 Å². The average molecular weight is 268 g/mol. The standard InChI is InChI=1S/C11H9NO2.BrH/c13-9-4-1-3-8(7-9)10-5-2-6-11(14)12-10;/h1-7,13H,(H,12,14);1H. The summed E-state index contributed by atoms with van der Waals surface area (Å²) in [6.45, 7) is 0. The molecule has 0 saturated carbocycles. The normalized spacial score (nSPS) is 9.33. The largest absolute Gasteiger partial charge is 0.508 e. The van der Waals surface area contributed by atoms with Gasteiger partial charge in [0.15, 0.2) is 0 Å². The number of hydrogen-bond donors (Lipinski definition) is 2. The van der Waals surface area contributed by atoms with E-state index in [0.29, 0.717) is 5.69 Å². The Balaban J connectivity index is 0.00000112. The van der Waals surface area contributed by atoms with E-state index in [0.717, 1.165) is 5.56 Å². The molecule has 0 aliphatic heterocycles. The highest BCUT2D eigenvalue weighted by Crippen LogP contribution is 2.19. The van der Waals surface area contributed by atoms with Crippen LogP contribution < -0.4 is 5.56 Å². The van der Waals surface area contributed by atoms with Gasteiger partial charge in [0.05, 0.1) is 0 Å². The molecule has 0 spiro atoms. The Labute approximate surface area is 97.2 Å². The lowest BCUT2D eigenvalue weighted by atomic mass is 10.1. The number of aromatic amines is 1. The average Bonchev–Trinajstić information content (AvgIpc) is 2.18. The summed E-state index contributed by atoms with van der Waals surface area (Å²) in [6, 6.07) is 11.7. The molecule has 1 aromatic heterocycles. The zero-order valence-electron chi connectivity index (χ0n) is 7.81. The van der Waals surface area contributed by atoms with Crippen molar-refractivity contribution < 1.29 is 5.11 Å². The molecule has 0 bridgehead atoms. The fourth-order valence-corrected chi connectivity index (χ4v) is 1.29.